The second kappa shape index (κ2) is 16.8. The number of carbonyl (C=O) groups excluding carboxylic acids is 2. The van der Waals surface area contributed by atoms with E-state index in [4.69, 9.17) is 0 Å². The van der Waals surface area contributed by atoms with E-state index in [1.54, 1.807) is 13.8 Å². The molecule has 1 aromatic carbocycles. The first-order chi connectivity index (χ1) is 17.3. The van der Waals surface area contributed by atoms with Gasteiger partial charge in [0.15, 0.2) is 0 Å². The molecule has 4 atom stereocenters. The molecular weight excluding hydrogens is 601 g/mol. The predicted octanol–water partition coefficient (Wildman–Crippen LogP) is 8.17. The van der Waals surface area contributed by atoms with Crippen LogP contribution in [0.4, 0.5) is 0 Å². The Kier molecular flexibility index (Phi) is 14.7. The fraction of sp³-hybridized carbons (Fsp3) is 0.538. The van der Waals surface area contributed by atoms with Gasteiger partial charge in [0.2, 0.25) is 10.2 Å². The molecule has 4 unspecified atom stereocenters. The number of thioether (sulfide) groups is 8. The lowest BCUT2D eigenvalue weighted by Crippen LogP contribution is -2.08. The van der Waals surface area contributed by atoms with Crippen molar-refractivity contribution in [3.8, 4) is 0 Å². The minimum Gasteiger partial charge on any atom is -0.282 e. The summed E-state index contributed by atoms with van der Waals surface area (Å²) in [6.07, 6.45) is 0. The van der Waals surface area contributed by atoms with Gasteiger partial charge in [-0.05, 0) is 36.1 Å². The van der Waals surface area contributed by atoms with Crippen molar-refractivity contribution in [2.45, 2.75) is 45.0 Å². The summed E-state index contributed by atoms with van der Waals surface area (Å²) < 4.78 is 1.25. The Morgan fingerprint density at radius 1 is 0.806 bits per heavy atom. The summed E-state index contributed by atoms with van der Waals surface area (Å²) in [7, 11) is 0. The van der Waals surface area contributed by atoms with Crippen molar-refractivity contribution in [2.75, 3.05) is 34.5 Å². The van der Waals surface area contributed by atoms with E-state index < -0.39 is 0 Å². The normalized spacial score (nSPS) is 23.6. The van der Waals surface area contributed by atoms with Crippen molar-refractivity contribution >= 4 is 104 Å². The molecule has 36 heavy (non-hydrogen) atoms. The molecule has 2 aliphatic rings. The molecule has 2 nitrogen and oxygen atoms in total. The van der Waals surface area contributed by atoms with E-state index in [1.165, 1.54) is 34.7 Å². The van der Waals surface area contributed by atoms with Gasteiger partial charge in [0.1, 0.15) is 0 Å². The molecule has 2 heterocycles. The van der Waals surface area contributed by atoms with Gasteiger partial charge in [-0.25, -0.2) is 0 Å². The first kappa shape index (κ1) is 31.4. The van der Waals surface area contributed by atoms with E-state index in [0.29, 0.717) is 30.8 Å². The lowest BCUT2D eigenvalue weighted by Gasteiger charge is -2.11. The number of rotatable bonds is 14. The number of carbonyl (C=O) groups is 2. The Balaban J connectivity index is 1.28. The van der Waals surface area contributed by atoms with Crippen molar-refractivity contribution in [2.24, 2.45) is 0 Å². The summed E-state index contributed by atoms with van der Waals surface area (Å²) in [4.78, 5) is 23.5. The minimum absolute atomic E-state index is 0.132. The van der Waals surface area contributed by atoms with Gasteiger partial charge in [-0.2, -0.15) is 23.5 Å². The number of hydrogen-bond donors (Lipinski definition) is 0. The van der Waals surface area contributed by atoms with Gasteiger partial charge in [-0.1, -0.05) is 60.9 Å². The van der Waals surface area contributed by atoms with E-state index in [1.807, 2.05) is 70.6 Å². The van der Waals surface area contributed by atoms with Crippen molar-refractivity contribution in [3.63, 3.8) is 0 Å². The molecule has 0 spiro atoms. The van der Waals surface area contributed by atoms with E-state index >= 15 is 0 Å². The van der Waals surface area contributed by atoms with Crippen molar-refractivity contribution in [3.05, 3.63) is 59.7 Å². The standard InChI is InChI=1S/C26H34O2S8/c1-17(2)25(27)33-13-21-11-31-23(35-21)15-29-9-19-6-5-7-20(8-19)10-30-16-24-32-12-22(36-24)14-34-26(28)18(3)4/h5-8,21-24H,1,3,9-16H2,2,4H3. The molecule has 2 aliphatic heterocycles. The second-order valence-corrected chi connectivity index (χ2v) is 18.8. The van der Waals surface area contributed by atoms with Crippen LogP contribution in [-0.2, 0) is 21.1 Å². The van der Waals surface area contributed by atoms with Gasteiger partial charge in [-0.15, -0.1) is 47.0 Å². The predicted molar refractivity (Wildman–Crippen MR) is 179 cm³/mol. The monoisotopic (exact) mass is 634 g/mol. The lowest BCUT2D eigenvalue weighted by molar-refractivity contribution is -0.108. The zero-order valence-electron chi connectivity index (χ0n) is 20.8. The third-order valence-electron chi connectivity index (χ3n) is 5.16. The molecule has 0 N–H and O–H groups in total. The third-order valence-corrected chi connectivity index (χ3v) is 17.5. The fourth-order valence-corrected chi connectivity index (χ4v) is 15.1. The zero-order chi connectivity index (χ0) is 25.9. The molecule has 0 amide bonds. The number of hydrogen-bond acceptors (Lipinski definition) is 10. The van der Waals surface area contributed by atoms with Crippen LogP contribution in [0.25, 0.3) is 0 Å². The summed E-state index contributed by atoms with van der Waals surface area (Å²) in [5, 5.41) is 1.40. The van der Waals surface area contributed by atoms with E-state index in [2.05, 4.69) is 37.4 Å². The average molecular weight is 635 g/mol. The molecular formula is C26H34O2S8. The largest absolute Gasteiger partial charge is 0.282 e. The van der Waals surface area contributed by atoms with Crippen LogP contribution in [0.15, 0.2) is 48.6 Å². The summed E-state index contributed by atoms with van der Waals surface area (Å²) in [6, 6.07) is 9.06. The maximum Gasteiger partial charge on any atom is 0.214 e. The van der Waals surface area contributed by atoms with Crippen LogP contribution in [0.3, 0.4) is 0 Å². The van der Waals surface area contributed by atoms with Gasteiger partial charge in [-0.3, -0.25) is 9.59 Å². The van der Waals surface area contributed by atoms with Crippen molar-refractivity contribution < 1.29 is 9.59 Å². The lowest BCUT2D eigenvalue weighted by atomic mass is 10.2. The molecule has 0 radical (unpaired) electrons. The van der Waals surface area contributed by atoms with Crippen LogP contribution in [0.1, 0.15) is 25.0 Å². The fourth-order valence-electron chi connectivity index (χ4n) is 3.30. The van der Waals surface area contributed by atoms with Crippen LogP contribution in [0, 0.1) is 0 Å². The third kappa shape index (κ3) is 11.5. The number of benzene rings is 1. The van der Waals surface area contributed by atoms with Gasteiger partial charge >= 0.3 is 0 Å². The minimum atomic E-state index is 0.132. The highest BCUT2D eigenvalue weighted by Gasteiger charge is 2.27. The SMILES string of the molecule is C=C(C)C(=O)SCC1CSC(CSCc2cccc(CSCC3SCC(CSC(=O)C(=C)C)S3)c2)S1. The molecule has 10 heteroatoms. The average Bonchev–Trinajstić information content (AvgIpc) is 3.50. The highest BCUT2D eigenvalue weighted by Crippen LogP contribution is 2.42. The van der Waals surface area contributed by atoms with E-state index in [0.717, 1.165) is 46.0 Å². The van der Waals surface area contributed by atoms with Crippen LogP contribution < -0.4 is 0 Å². The summed E-state index contributed by atoms with van der Waals surface area (Å²) in [5.41, 5.74) is 4.12. The molecule has 198 valence electrons. The highest BCUT2D eigenvalue weighted by molar-refractivity contribution is 8.23. The smallest absolute Gasteiger partial charge is 0.214 e. The Hall–Kier alpha value is 0.840. The van der Waals surface area contributed by atoms with Crippen molar-refractivity contribution in [1.82, 2.24) is 0 Å². The molecule has 0 aliphatic carbocycles. The summed E-state index contributed by atoms with van der Waals surface area (Å²) >= 11 is 15.1. The molecule has 2 fully saturated rings. The highest BCUT2D eigenvalue weighted by atomic mass is 32.2. The molecule has 1 aromatic rings. The van der Waals surface area contributed by atoms with Crippen LogP contribution in [-0.4, -0.2) is 64.4 Å². The maximum atomic E-state index is 11.8. The van der Waals surface area contributed by atoms with E-state index in [-0.39, 0.29) is 10.2 Å². The summed E-state index contributed by atoms with van der Waals surface area (Å²) in [5.74, 6) is 8.49. The first-order valence-electron chi connectivity index (χ1n) is 11.7. The quantitative estimate of drug-likeness (QED) is 0.187. The zero-order valence-corrected chi connectivity index (χ0v) is 27.3. The maximum absolute atomic E-state index is 11.8. The Bertz CT molecular complexity index is 852. The van der Waals surface area contributed by atoms with Crippen LogP contribution in [0.2, 0.25) is 0 Å². The Labute approximate surface area is 251 Å². The second-order valence-electron chi connectivity index (χ2n) is 8.65. The van der Waals surface area contributed by atoms with Gasteiger partial charge in [0.05, 0.1) is 9.16 Å². The topological polar surface area (TPSA) is 34.1 Å². The van der Waals surface area contributed by atoms with Crippen molar-refractivity contribution in [1.29, 1.82) is 0 Å². The van der Waals surface area contributed by atoms with Crippen LogP contribution >= 0.6 is 94.1 Å². The Morgan fingerprint density at radius 2 is 1.25 bits per heavy atom. The molecule has 0 saturated carbocycles. The molecule has 2 saturated heterocycles. The van der Waals surface area contributed by atoms with Gasteiger partial charge in [0.25, 0.3) is 0 Å². The first-order valence-corrected chi connectivity index (χ1v) is 20.0. The van der Waals surface area contributed by atoms with Crippen LogP contribution in [0.5, 0.6) is 0 Å². The molecule has 3 rings (SSSR count). The molecule has 0 aromatic heterocycles. The molecule has 0 bridgehead atoms. The van der Waals surface area contributed by atoms with Gasteiger partial charge in [0, 0.05) is 56.5 Å². The van der Waals surface area contributed by atoms with E-state index in [9.17, 15) is 9.59 Å². The summed E-state index contributed by atoms with van der Waals surface area (Å²) in [6.45, 7) is 11.1. The Morgan fingerprint density at radius 3 is 1.67 bits per heavy atom. The van der Waals surface area contributed by atoms with Gasteiger partial charge < -0.3 is 0 Å².